The molecule has 118 valence electrons. The fourth-order valence-electron chi connectivity index (χ4n) is 1.42. The second kappa shape index (κ2) is 28.9. The molecule has 1 aliphatic rings. The van der Waals surface area contributed by atoms with E-state index in [2.05, 4.69) is 13.8 Å². The summed E-state index contributed by atoms with van der Waals surface area (Å²) in [6.45, 7) is 11.3. The smallest absolute Gasteiger partial charge is 0.129 e. The van der Waals surface area contributed by atoms with Crippen molar-refractivity contribution in [1.82, 2.24) is 0 Å². The third-order valence-corrected chi connectivity index (χ3v) is 2.56. The maximum Gasteiger partial charge on any atom is 0.129 e. The molecule has 1 saturated carbocycles. The van der Waals surface area contributed by atoms with E-state index in [4.69, 9.17) is 0 Å². The van der Waals surface area contributed by atoms with Crippen molar-refractivity contribution >= 4 is 17.3 Å². The minimum atomic E-state index is -0.0833. The number of rotatable bonds is 2. The van der Waals surface area contributed by atoms with Gasteiger partial charge in [0.05, 0.1) is 0 Å². The second-order valence-electron chi connectivity index (χ2n) is 4.56. The van der Waals surface area contributed by atoms with Crippen LogP contribution in [-0.4, -0.2) is 17.3 Å². The van der Waals surface area contributed by atoms with Gasteiger partial charge in [0.1, 0.15) is 5.78 Å². The molecular formula is C15H26O3Y4-2. The van der Waals surface area contributed by atoms with Gasteiger partial charge in [-0.15, -0.1) is 0 Å². The molecule has 0 aromatic rings. The molecule has 0 saturated heterocycles. The first-order valence-electron chi connectivity index (χ1n) is 6.49. The second-order valence-corrected chi connectivity index (χ2v) is 4.56. The normalized spacial score (nSPS) is 11.8. The van der Waals surface area contributed by atoms with Crippen LogP contribution in [0.4, 0.5) is 0 Å². The molecule has 1 aliphatic carbocycles. The number of hydrogen-bond donors (Lipinski definition) is 0. The van der Waals surface area contributed by atoms with Crippen LogP contribution in [0.3, 0.4) is 0 Å². The molecule has 4 radical (unpaired) electrons. The van der Waals surface area contributed by atoms with Gasteiger partial charge in [0.15, 0.2) is 0 Å². The zero-order valence-electron chi connectivity index (χ0n) is 14.3. The number of Topliss-reactive ketones (excluding diaryl/α,β-unsaturated/α-hetero) is 3. The first-order valence-corrected chi connectivity index (χ1v) is 6.49. The van der Waals surface area contributed by atoms with Crippen molar-refractivity contribution in [3.8, 4) is 0 Å². The molecular weight excluding hydrogens is 584 g/mol. The molecule has 0 aromatic heterocycles. The molecule has 0 aromatic carbocycles. The van der Waals surface area contributed by atoms with Gasteiger partial charge in [-0.1, -0.05) is 26.2 Å². The number of hydrogen-bond acceptors (Lipinski definition) is 3. The summed E-state index contributed by atoms with van der Waals surface area (Å²) in [4.78, 5) is 29.8. The Morgan fingerprint density at radius 2 is 1.14 bits per heavy atom. The Hall–Kier alpha value is 3.17. The number of ketones is 3. The Morgan fingerprint density at radius 1 is 0.864 bits per heavy atom. The summed E-state index contributed by atoms with van der Waals surface area (Å²) in [6, 6.07) is 0. The standard InChI is InChI=1S/C8H13O.C4H8O.C3H5O.4Y/c1-7(9)8-5-3-2-4-6-8;1-3-4(2)5;1-3(2)4;;;;/h8H,1-6H2;3H2,1-2H3;1H2,2H3;;;;/q-1;;-1;;;;. The largest absolute Gasteiger partial charge is 0.340 e. The monoisotopic (exact) mass is 610 g/mol. The molecule has 3 nitrogen and oxygen atoms in total. The molecule has 1 rings (SSSR count). The van der Waals surface area contributed by atoms with E-state index in [-0.39, 0.29) is 148 Å². The molecule has 7 heteroatoms. The van der Waals surface area contributed by atoms with Gasteiger partial charge in [-0.05, 0) is 44.2 Å². The SMILES string of the molecule is CCC(C)=O.[CH2-]C(=O)C1CCCCC1.[CH2-]C(C)=O.[Y].[Y].[Y].[Y]. The average molecular weight is 610 g/mol. The predicted octanol–water partition coefficient (Wildman–Crippen LogP) is 3.35. The van der Waals surface area contributed by atoms with Crippen LogP contribution in [0.2, 0.25) is 0 Å². The van der Waals surface area contributed by atoms with Crippen LogP contribution < -0.4 is 0 Å². The zero-order valence-corrected chi connectivity index (χ0v) is 25.6. The Labute approximate surface area is 237 Å². The molecule has 0 unspecified atom stereocenters. The van der Waals surface area contributed by atoms with E-state index in [1.807, 2.05) is 6.92 Å². The summed E-state index contributed by atoms with van der Waals surface area (Å²) in [5.74, 6) is 0.624. The van der Waals surface area contributed by atoms with E-state index < -0.39 is 0 Å². The van der Waals surface area contributed by atoms with Gasteiger partial charge >= 0.3 is 0 Å². The van der Waals surface area contributed by atoms with E-state index in [1.165, 1.54) is 26.2 Å². The molecule has 0 spiro atoms. The number of carbonyl (C=O) groups is 3. The predicted molar refractivity (Wildman–Crippen MR) is 73.9 cm³/mol. The first-order chi connectivity index (χ1) is 8.31. The zero-order chi connectivity index (χ0) is 14.6. The van der Waals surface area contributed by atoms with Gasteiger partial charge < -0.3 is 28.2 Å². The van der Waals surface area contributed by atoms with E-state index >= 15 is 0 Å². The molecule has 0 heterocycles. The van der Waals surface area contributed by atoms with Crippen molar-refractivity contribution in [3.05, 3.63) is 13.8 Å². The van der Waals surface area contributed by atoms with Crippen molar-refractivity contribution in [2.24, 2.45) is 5.92 Å². The summed E-state index contributed by atoms with van der Waals surface area (Å²) in [7, 11) is 0. The molecule has 0 aliphatic heterocycles. The molecule has 0 bridgehead atoms. The first kappa shape index (κ1) is 40.0. The third kappa shape index (κ3) is 38.6. The Morgan fingerprint density at radius 3 is 1.27 bits per heavy atom. The van der Waals surface area contributed by atoms with Crippen molar-refractivity contribution < 1.29 is 145 Å². The maximum atomic E-state index is 10.7. The van der Waals surface area contributed by atoms with E-state index in [9.17, 15) is 14.4 Å². The van der Waals surface area contributed by atoms with Gasteiger partial charge in [0.25, 0.3) is 0 Å². The Bertz CT molecular complexity index is 262. The molecule has 0 N–H and O–H groups in total. The van der Waals surface area contributed by atoms with Crippen LogP contribution in [0.25, 0.3) is 0 Å². The van der Waals surface area contributed by atoms with E-state index in [0.717, 1.165) is 12.8 Å². The van der Waals surface area contributed by atoms with E-state index in [1.54, 1.807) is 6.92 Å². The summed E-state index contributed by atoms with van der Waals surface area (Å²) < 4.78 is 0. The molecule has 1 fully saturated rings. The van der Waals surface area contributed by atoms with Crippen LogP contribution in [0, 0.1) is 19.8 Å². The Balaban J connectivity index is -0.0000000438. The maximum absolute atomic E-state index is 10.7. The van der Waals surface area contributed by atoms with Gasteiger partial charge in [-0.3, -0.25) is 0 Å². The summed E-state index contributed by atoms with van der Waals surface area (Å²) in [6.07, 6.45) is 6.60. The van der Waals surface area contributed by atoms with Crippen LogP contribution in [-0.2, 0) is 145 Å². The average Bonchev–Trinajstić information content (AvgIpc) is 2.30. The summed E-state index contributed by atoms with van der Waals surface area (Å²) in [5.41, 5.74) is 0. The number of carbonyl (C=O) groups excluding carboxylic acids is 3. The fraction of sp³-hybridized carbons (Fsp3) is 0.667. The quantitative estimate of drug-likeness (QED) is 0.452. The van der Waals surface area contributed by atoms with E-state index in [0.29, 0.717) is 12.3 Å². The van der Waals surface area contributed by atoms with Gasteiger partial charge in [0.2, 0.25) is 0 Å². The topological polar surface area (TPSA) is 51.2 Å². The minimum absolute atomic E-state index is 0. The van der Waals surface area contributed by atoms with Crippen LogP contribution >= 0.6 is 0 Å². The minimum Gasteiger partial charge on any atom is -0.340 e. The van der Waals surface area contributed by atoms with Crippen molar-refractivity contribution in [2.45, 2.75) is 59.3 Å². The summed E-state index contributed by atoms with van der Waals surface area (Å²) >= 11 is 0. The van der Waals surface area contributed by atoms with Gasteiger partial charge in [0, 0.05) is 137 Å². The van der Waals surface area contributed by atoms with Crippen molar-refractivity contribution in [2.75, 3.05) is 0 Å². The Kier molecular flexibility index (Phi) is 52.6. The van der Waals surface area contributed by atoms with Gasteiger partial charge in [-0.25, -0.2) is 0 Å². The molecule has 22 heavy (non-hydrogen) atoms. The molecule has 0 atom stereocenters. The fourth-order valence-corrected chi connectivity index (χ4v) is 1.42. The summed E-state index contributed by atoms with van der Waals surface area (Å²) in [5, 5.41) is 0. The van der Waals surface area contributed by atoms with Crippen LogP contribution in [0.5, 0.6) is 0 Å². The van der Waals surface area contributed by atoms with Crippen LogP contribution in [0.1, 0.15) is 59.3 Å². The van der Waals surface area contributed by atoms with Gasteiger partial charge in [-0.2, -0.15) is 0 Å². The third-order valence-electron chi connectivity index (χ3n) is 2.56. The van der Waals surface area contributed by atoms with Crippen molar-refractivity contribution in [3.63, 3.8) is 0 Å². The molecule has 0 amide bonds. The van der Waals surface area contributed by atoms with Crippen molar-refractivity contribution in [1.29, 1.82) is 0 Å². The van der Waals surface area contributed by atoms with Crippen LogP contribution in [0.15, 0.2) is 0 Å².